The van der Waals surface area contributed by atoms with E-state index in [9.17, 15) is 28.3 Å². The number of halogens is 2. The van der Waals surface area contributed by atoms with Crippen LogP contribution in [0, 0.1) is 18.6 Å². The number of aryl methyl sites for hydroxylation is 1. The van der Waals surface area contributed by atoms with E-state index in [1.807, 2.05) is 13.8 Å². The van der Waals surface area contributed by atoms with Gasteiger partial charge >= 0.3 is 0 Å². The molecule has 40 heavy (non-hydrogen) atoms. The molecule has 7 nitrogen and oxygen atoms in total. The Morgan fingerprint density at radius 2 is 1.60 bits per heavy atom. The van der Waals surface area contributed by atoms with E-state index < -0.39 is 29.7 Å². The molecule has 218 valence electrons. The molecule has 0 fully saturated rings. The molecule has 2 atom stereocenters. The molecule has 0 aliphatic rings. The predicted octanol–water partition coefficient (Wildman–Crippen LogP) is 4.71. The van der Waals surface area contributed by atoms with Crippen LogP contribution < -0.4 is 10.6 Å². The second-order valence-electron chi connectivity index (χ2n) is 9.92. The third-order valence-electron chi connectivity index (χ3n) is 6.32. The summed E-state index contributed by atoms with van der Waals surface area (Å²) in [7, 11) is 0. The van der Waals surface area contributed by atoms with Crippen LogP contribution in [0.2, 0.25) is 0 Å². The van der Waals surface area contributed by atoms with Crippen molar-refractivity contribution in [2.75, 3.05) is 19.6 Å². The summed E-state index contributed by atoms with van der Waals surface area (Å²) < 4.78 is 27.7. The molecule has 0 aliphatic carbocycles. The normalized spacial score (nSPS) is 12.7. The highest BCUT2D eigenvalue weighted by molar-refractivity contribution is 6.00. The zero-order valence-electron chi connectivity index (χ0n) is 23.8. The first-order valence-electron chi connectivity index (χ1n) is 13.8. The van der Waals surface area contributed by atoms with Gasteiger partial charge in [-0.1, -0.05) is 26.0 Å². The summed E-state index contributed by atoms with van der Waals surface area (Å²) in [6, 6.07) is 7.02. The number of carbonyl (C=O) groups is 3. The zero-order chi connectivity index (χ0) is 29.7. The van der Waals surface area contributed by atoms with Gasteiger partial charge in [0.1, 0.15) is 11.6 Å². The predicted molar refractivity (Wildman–Crippen MR) is 152 cm³/mol. The van der Waals surface area contributed by atoms with Gasteiger partial charge in [-0.3, -0.25) is 14.4 Å². The SMILES string of the molecule is C/C=C/CC(=O)NCC[C@@H](O)[C@H](Cc1cc(F)cc(F)c1)NC(=O)c1cc(C)cc(C(=O)N(CCC)CCC)c1. The van der Waals surface area contributed by atoms with Crippen LogP contribution in [0.1, 0.15) is 78.3 Å². The number of hydrogen-bond donors (Lipinski definition) is 3. The fourth-order valence-electron chi connectivity index (χ4n) is 4.45. The lowest BCUT2D eigenvalue weighted by Crippen LogP contribution is -2.46. The number of hydrogen-bond acceptors (Lipinski definition) is 4. The van der Waals surface area contributed by atoms with Crippen LogP contribution in [-0.2, 0) is 11.2 Å². The van der Waals surface area contributed by atoms with Gasteiger partial charge in [0.25, 0.3) is 11.8 Å². The molecule has 2 aromatic rings. The van der Waals surface area contributed by atoms with Gasteiger partial charge in [0.15, 0.2) is 0 Å². The first-order chi connectivity index (χ1) is 19.1. The lowest BCUT2D eigenvalue weighted by atomic mass is 9.97. The highest BCUT2D eigenvalue weighted by Gasteiger charge is 2.24. The van der Waals surface area contributed by atoms with Gasteiger partial charge < -0.3 is 20.6 Å². The summed E-state index contributed by atoms with van der Waals surface area (Å²) in [6.45, 7) is 8.94. The molecule has 0 aromatic heterocycles. The minimum atomic E-state index is -1.13. The number of nitrogens with one attached hydrogen (secondary N) is 2. The number of benzene rings is 2. The summed E-state index contributed by atoms with van der Waals surface area (Å²) in [5, 5.41) is 16.4. The summed E-state index contributed by atoms with van der Waals surface area (Å²) in [4.78, 5) is 40.2. The Bertz CT molecular complexity index is 1160. The third-order valence-corrected chi connectivity index (χ3v) is 6.32. The van der Waals surface area contributed by atoms with E-state index in [1.54, 1.807) is 43.0 Å². The maximum atomic E-state index is 13.9. The molecule has 0 saturated heterocycles. The first-order valence-corrected chi connectivity index (χ1v) is 13.8. The molecule has 0 heterocycles. The fourth-order valence-corrected chi connectivity index (χ4v) is 4.45. The summed E-state index contributed by atoms with van der Waals surface area (Å²) in [5.41, 5.74) is 1.60. The van der Waals surface area contributed by atoms with Crippen molar-refractivity contribution in [2.45, 2.75) is 71.9 Å². The second-order valence-corrected chi connectivity index (χ2v) is 9.92. The molecule has 9 heteroatoms. The van der Waals surface area contributed by atoms with Crippen LogP contribution >= 0.6 is 0 Å². The topological polar surface area (TPSA) is 98.7 Å². The average Bonchev–Trinajstić information content (AvgIpc) is 2.90. The molecular weight excluding hydrogens is 516 g/mol. The highest BCUT2D eigenvalue weighted by atomic mass is 19.1. The molecular formula is C31H41F2N3O4. The number of aliphatic hydroxyl groups excluding tert-OH is 1. The lowest BCUT2D eigenvalue weighted by molar-refractivity contribution is -0.120. The minimum absolute atomic E-state index is 0.0491. The van der Waals surface area contributed by atoms with Crippen LogP contribution in [0.3, 0.4) is 0 Å². The van der Waals surface area contributed by atoms with Crippen molar-refractivity contribution < 1.29 is 28.3 Å². The Kier molecular flexibility index (Phi) is 13.5. The second kappa shape index (κ2) is 16.5. The fraction of sp³-hybridized carbons (Fsp3) is 0.452. The molecule has 0 spiro atoms. The Balaban J connectivity index is 2.26. The Morgan fingerprint density at radius 1 is 0.975 bits per heavy atom. The Labute approximate surface area is 235 Å². The lowest BCUT2D eigenvalue weighted by Gasteiger charge is -2.25. The van der Waals surface area contributed by atoms with E-state index in [-0.39, 0.29) is 48.7 Å². The van der Waals surface area contributed by atoms with Crippen molar-refractivity contribution in [1.29, 1.82) is 0 Å². The zero-order valence-corrected chi connectivity index (χ0v) is 23.8. The van der Waals surface area contributed by atoms with E-state index in [0.717, 1.165) is 36.6 Å². The van der Waals surface area contributed by atoms with E-state index in [4.69, 9.17) is 0 Å². The van der Waals surface area contributed by atoms with Gasteiger partial charge in [-0.05, 0) is 81.0 Å². The third kappa shape index (κ3) is 10.5. The van der Waals surface area contributed by atoms with Gasteiger partial charge in [-0.25, -0.2) is 8.78 Å². The molecule has 2 rings (SSSR count). The van der Waals surface area contributed by atoms with Crippen LogP contribution in [0.15, 0.2) is 48.6 Å². The van der Waals surface area contributed by atoms with Crippen LogP contribution in [0.4, 0.5) is 8.78 Å². The number of aliphatic hydroxyl groups is 1. The summed E-state index contributed by atoms with van der Waals surface area (Å²) in [5.74, 6) is -2.45. The van der Waals surface area contributed by atoms with Crippen molar-refractivity contribution in [1.82, 2.24) is 15.5 Å². The van der Waals surface area contributed by atoms with Crippen molar-refractivity contribution in [3.63, 3.8) is 0 Å². The van der Waals surface area contributed by atoms with Crippen LogP contribution in [0.5, 0.6) is 0 Å². The van der Waals surface area contributed by atoms with Gasteiger partial charge in [0, 0.05) is 43.2 Å². The number of nitrogens with zero attached hydrogens (tertiary/aromatic N) is 1. The molecule has 0 bridgehead atoms. The van der Waals surface area contributed by atoms with E-state index in [2.05, 4.69) is 10.6 Å². The first kappa shape index (κ1) is 32.6. The number of rotatable bonds is 15. The van der Waals surface area contributed by atoms with Crippen LogP contribution in [0.25, 0.3) is 0 Å². The Hall–Kier alpha value is -3.59. The molecule has 0 saturated carbocycles. The van der Waals surface area contributed by atoms with Crippen molar-refractivity contribution in [2.24, 2.45) is 0 Å². The van der Waals surface area contributed by atoms with Gasteiger partial charge in [-0.2, -0.15) is 0 Å². The monoisotopic (exact) mass is 557 g/mol. The Morgan fingerprint density at radius 3 is 2.20 bits per heavy atom. The van der Waals surface area contributed by atoms with E-state index in [0.29, 0.717) is 18.7 Å². The molecule has 3 amide bonds. The van der Waals surface area contributed by atoms with Crippen molar-refractivity contribution in [3.05, 3.63) is 82.4 Å². The minimum Gasteiger partial charge on any atom is -0.391 e. The smallest absolute Gasteiger partial charge is 0.253 e. The van der Waals surface area contributed by atoms with Crippen LogP contribution in [-0.4, -0.2) is 59.5 Å². The highest BCUT2D eigenvalue weighted by Crippen LogP contribution is 2.16. The van der Waals surface area contributed by atoms with Gasteiger partial charge in [-0.15, -0.1) is 0 Å². The number of carbonyl (C=O) groups excluding carboxylic acids is 3. The molecule has 0 unspecified atom stereocenters. The van der Waals surface area contributed by atoms with E-state index >= 15 is 0 Å². The van der Waals surface area contributed by atoms with Gasteiger partial charge in [0.05, 0.1) is 12.1 Å². The maximum absolute atomic E-state index is 13.9. The standard InChI is InChI=1S/C31H41F2N3O4/c1-5-8-9-29(38)34-11-10-28(37)27(18-22-16-25(32)20-26(33)17-22)35-30(39)23-14-21(4)15-24(19-23)31(40)36(12-6-2)13-7-3/h5,8,14-17,19-20,27-28,37H,6-7,9-13,18H2,1-4H3,(H,34,38)(H,35,39)/b8-5+/t27-,28+/m0/s1. The quantitative estimate of drug-likeness (QED) is 0.276. The van der Waals surface area contributed by atoms with Gasteiger partial charge in [0.2, 0.25) is 5.91 Å². The molecule has 0 radical (unpaired) electrons. The maximum Gasteiger partial charge on any atom is 0.253 e. The number of amides is 3. The largest absolute Gasteiger partial charge is 0.391 e. The average molecular weight is 558 g/mol. The molecule has 3 N–H and O–H groups in total. The summed E-state index contributed by atoms with van der Waals surface area (Å²) >= 11 is 0. The van der Waals surface area contributed by atoms with Crippen molar-refractivity contribution >= 4 is 17.7 Å². The molecule has 2 aromatic carbocycles. The summed E-state index contributed by atoms with van der Waals surface area (Å²) in [6.07, 6.45) is 4.20. The van der Waals surface area contributed by atoms with E-state index in [1.165, 1.54) is 6.07 Å². The van der Waals surface area contributed by atoms with Crippen molar-refractivity contribution in [3.8, 4) is 0 Å². The number of allylic oxidation sites excluding steroid dienone is 1. The molecule has 0 aliphatic heterocycles.